The van der Waals surface area contributed by atoms with Crippen molar-refractivity contribution in [2.24, 2.45) is 0 Å². The largest absolute Gasteiger partial charge is 0.496 e. The molecule has 7 heteroatoms. The van der Waals surface area contributed by atoms with Crippen molar-refractivity contribution in [3.63, 3.8) is 0 Å². The van der Waals surface area contributed by atoms with E-state index in [4.69, 9.17) is 9.47 Å². The molecule has 0 unspecified atom stereocenters. The minimum absolute atomic E-state index is 0.277. The van der Waals surface area contributed by atoms with E-state index in [0.717, 1.165) is 12.0 Å². The molecule has 2 aromatic carbocycles. The number of ether oxygens (including phenoxy) is 2. The lowest BCUT2D eigenvalue weighted by atomic mass is 10.1. The van der Waals surface area contributed by atoms with Crippen LogP contribution in [0.4, 0.5) is 0 Å². The summed E-state index contributed by atoms with van der Waals surface area (Å²) in [5.74, 6) is -0.347. The van der Waals surface area contributed by atoms with Crippen LogP contribution in [0.2, 0.25) is 0 Å². The Kier molecular flexibility index (Phi) is 7.21. The zero-order valence-corrected chi connectivity index (χ0v) is 17.1. The van der Waals surface area contributed by atoms with E-state index in [1.807, 2.05) is 55.5 Å². The second kappa shape index (κ2) is 10.2. The molecule has 1 N–H and O–H groups in total. The minimum Gasteiger partial charge on any atom is -0.496 e. The molecule has 1 aromatic heterocycles. The van der Waals surface area contributed by atoms with Gasteiger partial charge in [-0.3, -0.25) is 9.48 Å². The average Bonchev–Trinajstić information content (AvgIpc) is 3.20. The predicted octanol–water partition coefficient (Wildman–Crippen LogP) is 3.29. The number of methoxy groups -OCH3 is 1. The Morgan fingerprint density at radius 3 is 2.53 bits per heavy atom. The Hall–Kier alpha value is -3.61. The second-order valence-corrected chi connectivity index (χ2v) is 6.70. The van der Waals surface area contributed by atoms with Crippen LogP contribution in [0.3, 0.4) is 0 Å². The Bertz CT molecular complexity index is 999. The zero-order valence-electron chi connectivity index (χ0n) is 17.1. The van der Waals surface area contributed by atoms with Crippen molar-refractivity contribution < 1.29 is 19.1 Å². The Morgan fingerprint density at radius 2 is 1.80 bits per heavy atom. The molecule has 30 heavy (non-hydrogen) atoms. The van der Waals surface area contributed by atoms with Crippen LogP contribution >= 0.6 is 0 Å². The van der Waals surface area contributed by atoms with E-state index in [-0.39, 0.29) is 18.1 Å². The molecule has 0 aliphatic carbocycles. The van der Waals surface area contributed by atoms with Gasteiger partial charge in [-0.15, -0.1) is 0 Å². The molecule has 0 saturated carbocycles. The van der Waals surface area contributed by atoms with Gasteiger partial charge in [-0.05, 0) is 24.1 Å². The number of amides is 1. The van der Waals surface area contributed by atoms with Gasteiger partial charge in [0, 0.05) is 18.3 Å². The molecule has 3 rings (SSSR count). The Labute approximate surface area is 175 Å². The Balaban J connectivity index is 1.89. The van der Waals surface area contributed by atoms with Crippen LogP contribution in [0.5, 0.6) is 5.75 Å². The number of nitrogens with one attached hydrogen (secondary N) is 1. The topological polar surface area (TPSA) is 82.5 Å². The van der Waals surface area contributed by atoms with Gasteiger partial charge in [-0.25, -0.2) is 4.79 Å². The van der Waals surface area contributed by atoms with Crippen LogP contribution in [0.1, 0.15) is 29.3 Å². The summed E-state index contributed by atoms with van der Waals surface area (Å²) in [6.45, 7) is 2.64. The standard InChI is InChI=1S/C23H25N3O4/c1-3-13-24-21(27)16-30-23(28)19-15-26(14-17-9-5-4-6-10-17)25-22(19)18-11-7-8-12-20(18)29-2/h4-12,15H,3,13-14,16H2,1-2H3,(H,24,27). The minimum atomic E-state index is -0.609. The summed E-state index contributed by atoms with van der Waals surface area (Å²) in [6.07, 6.45) is 2.45. The molecule has 3 aromatic rings. The third kappa shape index (κ3) is 5.26. The number of benzene rings is 2. The summed E-state index contributed by atoms with van der Waals surface area (Å²) in [7, 11) is 1.57. The molecule has 0 atom stereocenters. The summed E-state index contributed by atoms with van der Waals surface area (Å²) < 4.78 is 12.4. The quantitative estimate of drug-likeness (QED) is 0.551. The van der Waals surface area contributed by atoms with Crippen molar-refractivity contribution in [3.05, 3.63) is 71.9 Å². The smallest absolute Gasteiger partial charge is 0.342 e. The average molecular weight is 407 g/mol. The highest BCUT2D eigenvalue weighted by molar-refractivity contribution is 5.97. The number of aromatic nitrogens is 2. The first kappa shape index (κ1) is 21.1. The van der Waals surface area contributed by atoms with Gasteiger partial charge in [0.05, 0.1) is 13.7 Å². The van der Waals surface area contributed by atoms with Crippen molar-refractivity contribution in [2.45, 2.75) is 19.9 Å². The maximum atomic E-state index is 12.8. The SMILES string of the molecule is CCCNC(=O)COC(=O)c1cn(Cc2ccccc2)nc1-c1ccccc1OC. The fourth-order valence-electron chi connectivity index (χ4n) is 2.99. The van der Waals surface area contributed by atoms with Crippen molar-refractivity contribution in [2.75, 3.05) is 20.3 Å². The number of esters is 1. The Morgan fingerprint density at radius 1 is 1.07 bits per heavy atom. The number of rotatable bonds is 9. The van der Waals surface area contributed by atoms with E-state index in [2.05, 4.69) is 10.4 Å². The molecule has 0 aliphatic rings. The fourth-order valence-corrected chi connectivity index (χ4v) is 2.99. The first-order valence-electron chi connectivity index (χ1n) is 9.81. The molecule has 0 bridgehead atoms. The summed E-state index contributed by atoms with van der Waals surface area (Å²) >= 11 is 0. The van der Waals surface area contributed by atoms with Gasteiger partial charge < -0.3 is 14.8 Å². The van der Waals surface area contributed by atoms with Crippen LogP contribution < -0.4 is 10.1 Å². The van der Waals surface area contributed by atoms with Crippen LogP contribution in [0.25, 0.3) is 11.3 Å². The van der Waals surface area contributed by atoms with E-state index in [1.165, 1.54) is 0 Å². The monoisotopic (exact) mass is 407 g/mol. The number of nitrogens with zero attached hydrogens (tertiary/aromatic N) is 2. The van der Waals surface area contributed by atoms with Gasteiger partial charge in [0.25, 0.3) is 5.91 Å². The van der Waals surface area contributed by atoms with Crippen LogP contribution in [-0.2, 0) is 16.1 Å². The molecular weight excluding hydrogens is 382 g/mol. The zero-order chi connectivity index (χ0) is 21.3. The molecule has 156 valence electrons. The molecular formula is C23H25N3O4. The third-order valence-corrected chi connectivity index (χ3v) is 4.44. The van der Waals surface area contributed by atoms with E-state index in [0.29, 0.717) is 30.1 Å². The van der Waals surface area contributed by atoms with Crippen molar-refractivity contribution in [1.29, 1.82) is 0 Å². The van der Waals surface area contributed by atoms with Crippen molar-refractivity contribution >= 4 is 11.9 Å². The highest BCUT2D eigenvalue weighted by Gasteiger charge is 2.22. The van der Waals surface area contributed by atoms with Gasteiger partial charge in [0.2, 0.25) is 0 Å². The van der Waals surface area contributed by atoms with Gasteiger partial charge in [0.15, 0.2) is 6.61 Å². The molecule has 0 saturated heterocycles. The summed E-state index contributed by atoms with van der Waals surface area (Å²) in [4.78, 5) is 24.6. The summed E-state index contributed by atoms with van der Waals surface area (Å²) in [5.41, 5.74) is 2.45. The normalized spacial score (nSPS) is 10.5. The number of carbonyl (C=O) groups is 2. The molecule has 0 spiro atoms. The third-order valence-electron chi connectivity index (χ3n) is 4.44. The highest BCUT2D eigenvalue weighted by atomic mass is 16.5. The lowest BCUT2D eigenvalue weighted by molar-refractivity contribution is -0.124. The summed E-state index contributed by atoms with van der Waals surface area (Å²) in [5, 5.41) is 7.30. The second-order valence-electron chi connectivity index (χ2n) is 6.70. The van der Waals surface area contributed by atoms with Crippen molar-refractivity contribution in [3.8, 4) is 17.0 Å². The lowest BCUT2D eigenvalue weighted by Crippen LogP contribution is -2.29. The first-order chi connectivity index (χ1) is 14.6. The van der Waals surface area contributed by atoms with E-state index in [1.54, 1.807) is 24.1 Å². The molecule has 0 radical (unpaired) electrons. The van der Waals surface area contributed by atoms with Crippen LogP contribution in [-0.4, -0.2) is 41.9 Å². The fraction of sp³-hybridized carbons (Fsp3) is 0.261. The number of para-hydroxylation sites is 1. The number of hydrogen-bond donors (Lipinski definition) is 1. The van der Waals surface area contributed by atoms with Crippen LogP contribution in [0, 0.1) is 0 Å². The highest BCUT2D eigenvalue weighted by Crippen LogP contribution is 2.31. The molecule has 0 aliphatic heterocycles. The van der Waals surface area contributed by atoms with Gasteiger partial charge in [0.1, 0.15) is 17.0 Å². The van der Waals surface area contributed by atoms with E-state index in [9.17, 15) is 9.59 Å². The van der Waals surface area contributed by atoms with Crippen molar-refractivity contribution in [1.82, 2.24) is 15.1 Å². The van der Waals surface area contributed by atoms with E-state index >= 15 is 0 Å². The van der Waals surface area contributed by atoms with Gasteiger partial charge in [-0.1, -0.05) is 49.4 Å². The van der Waals surface area contributed by atoms with Gasteiger partial charge >= 0.3 is 5.97 Å². The van der Waals surface area contributed by atoms with Gasteiger partial charge in [-0.2, -0.15) is 5.10 Å². The predicted molar refractivity (Wildman–Crippen MR) is 113 cm³/mol. The molecule has 0 fully saturated rings. The lowest BCUT2D eigenvalue weighted by Gasteiger charge is -2.08. The van der Waals surface area contributed by atoms with Crippen LogP contribution in [0.15, 0.2) is 60.8 Å². The van der Waals surface area contributed by atoms with E-state index < -0.39 is 5.97 Å². The molecule has 1 amide bonds. The molecule has 7 nitrogen and oxygen atoms in total. The maximum Gasteiger partial charge on any atom is 0.342 e. The first-order valence-corrected chi connectivity index (χ1v) is 9.81. The maximum absolute atomic E-state index is 12.8. The summed E-state index contributed by atoms with van der Waals surface area (Å²) in [6, 6.07) is 17.1. The number of hydrogen-bond acceptors (Lipinski definition) is 5. The molecule has 1 heterocycles. The number of carbonyl (C=O) groups excluding carboxylic acids is 2.